The van der Waals surface area contributed by atoms with Crippen LogP contribution in [0, 0.1) is 26.7 Å². The summed E-state index contributed by atoms with van der Waals surface area (Å²) in [5, 5.41) is 6.04. The van der Waals surface area contributed by atoms with Gasteiger partial charge in [0.15, 0.2) is 0 Å². The number of benzene rings is 1. The van der Waals surface area contributed by atoms with Crippen LogP contribution in [-0.4, -0.2) is 24.9 Å². The van der Waals surface area contributed by atoms with Gasteiger partial charge in [-0.25, -0.2) is 4.79 Å². The Morgan fingerprint density at radius 2 is 1.81 bits per heavy atom. The fourth-order valence-electron chi connectivity index (χ4n) is 2.86. The topological polar surface area (TPSA) is 84.5 Å². The second-order valence-electron chi connectivity index (χ2n) is 6.79. The van der Waals surface area contributed by atoms with Crippen LogP contribution in [0.2, 0.25) is 0 Å². The Balaban J connectivity index is 1.91. The summed E-state index contributed by atoms with van der Waals surface area (Å²) >= 11 is 1.09. The zero-order chi connectivity index (χ0) is 19.7. The lowest BCUT2D eigenvalue weighted by atomic mass is 10.1. The van der Waals surface area contributed by atoms with Crippen LogP contribution in [0.25, 0.3) is 0 Å². The molecule has 1 fully saturated rings. The van der Waals surface area contributed by atoms with E-state index in [2.05, 4.69) is 10.6 Å². The number of amides is 2. The molecule has 1 aliphatic carbocycles. The van der Waals surface area contributed by atoms with Gasteiger partial charge in [-0.1, -0.05) is 17.7 Å². The third-order valence-electron chi connectivity index (χ3n) is 4.56. The first-order valence-electron chi connectivity index (χ1n) is 8.73. The predicted molar refractivity (Wildman–Crippen MR) is 106 cm³/mol. The third kappa shape index (κ3) is 4.03. The fourth-order valence-corrected chi connectivity index (χ4v) is 3.95. The zero-order valence-electron chi connectivity index (χ0n) is 15.8. The lowest BCUT2D eigenvalue weighted by molar-refractivity contribution is -0.117. The van der Waals surface area contributed by atoms with Gasteiger partial charge in [0.1, 0.15) is 5.00 Å². The van der Waals surface area contributed by atoms with Crippen molar-refractivity contribution in [1.82, 2.24) is 0 Å². The molecule has 142 valence electrons. The molecule has 1 aromatic carbocycles. The van der Waals surface area contributed by atoms with E-state index in [1.807, 2.05) is 32.0 Å². The van der Waals surface area contributed by atoms with E-state index in [1.165, 1.54) is 7.11 Å². The van der Waals surface area contributed by atoms with E-state index < -0.39 is 5.97 Å². The summed E-state index contributed by atoms with van der Waals surface area (Å²) in [5.41, 5.74) is 3.51. The first-order chi connectivity index (χ1) is 12.8. The van der Waals surface area contributed by atoms with Crippen molar-refractivity contribution in [2.24, 2.45) is 5.92 Å². The van der Waals surface area contributed by atoms with E-state index in [4.69, 9.17) is 4.74 Å². The summed E-state index contributed by atoms with van der Waals surface area (Å²) in [6, 6.07) is 5.76. The molecule has 2 N–H and O–H groups in total. The molecule has 1 aromatic heterocycles. The standard InChI is InChI=1S/C20H22N2O4S/c1-10-5-8-14(11(2)9-10)21-18(24)16-12(3)15(20(25)26-4)19(27-16)22-17(23)13-6-7-13/h5,8-9,13H,6-7H2,1-4H3,(H,21,24)(H,22,23). The molecule has 2 aromatic rings. The largest absolute Gasteiger partial charge is 0.465 e. The highest BCUT2D eigenvalue weighted by Crippen LogP contribution is 2.37. The smallest absolute Gasteiger partial charge is 0.341 e. The number of nitrogens with one attached hydrogen (secondary N) is 2. The summed E-state index contributed by atoms with van der Waals surface area (Å²) < 4.78 is 4.84. The number of methoxy groups -OCH3 is 1. The van der Waals surface area contributed by atoms with Crippen LogP contribution in [0.15, 0.2) is 18.2 Å². The van der Waals surface area contributed by atoms with Gasteiger partial charge in [0, 0.05) is 11.6 Å². The van der Waals surface area contributed by atoms with Crippen LogP contribution in [0.5, 0.6) is 0 Å². The van der Waals surface area contributed by atoms with Crippen LogP contribution in [0.1, 0.15) is 49.6 Å². The molecule has 0 aliphatic heterocycles. The van der Waals surface area contributed by atoms with Crippen molar-refractivity contribution in [3.05, 3.63) is 45.3 Å². The number of aryl methyl sites for hydroxylation is 2. The van der Waals surface area contributed by atoms with Gasteiger partial charge in [-0.05, 0) is 50.8 Å². The summed E-state index contributed by atoms with van der Waals surface area (Å²) in [6.07, 6.45) is 1.70. The van der Waals surface area contributed by atoms with Gasteiger partial charge < -0.3 is 15.4 Å². The Morgan fingerprint density at radius 1 is 1.11 bits per heavy atom. The average molecular weight is 386 g/mol. The molecule has 1 heterocycles. The van der Waals surface area contributed by atoms with Gasteiger partial charge in [-0.3, -0.25) is 9.59 Å². The molecule has 0 unspecified atom stereocenters. The van der Waals surface area contributed by atoms with E-state index in [0.29, 0.717) is 21.1 Å². The number of esters is 1. The highest BCUT2D eigenvalue weighted by Gasteiger charge is 2.32. The highest BCUT2D eigenvalue weighted by atomic mass is 32.1. The van der Waals surface area contributed by atoms with Gasteiger partial charge in [0.05, 0.1) is 17.6 Å². The number of carbonyl (C=O) groups is 3. The maximum atomic E-state index is 12.8. The lowest BCUT2D eigenvalue weighted by Gasteiger charge is -2.08. The summed E-state index contributed by atoms with van der Waals surface area (Å²) in [6.45, 7) is 5.59. The van der Waals surface area contributed by atoms with Crippen molar-refractivity contribution in [2.75, 3.05) is 17.7 Å². The molecule has 6 nitrogen and oxygen atoms in total. The average Bonchev–Trinajstić information content (AvgIpc) is 3.42. The van der Waals surface area contributed by atoms with Gasteiger partial charge in [-0.15, -0.1) is 11.3 Å². The lowest BCUT2D eigenvalue weighted by Crippen LogP contribution is -2.15. The Hall–Kier alpha value is -2.67. The van der Waals surface area contributed by atoms with Crippen LogP contribution in [0.4, 0.5) is 10.7 Å². The molecule has 1 aliphatic rings. The Labute approximate surface area is 161 Å². The van der Waals surface area contributed by atoms with Crippen molar-refractivity contribution in [1.29, 1.82) is 0 Å². The Kier molecular flexibility index (Phi) is 5.32. The number of hydrogen-bond donors (Lipinski definition) is 2. The number of ether oxygens (including phenoxy) is 1. The fraction of sp³-hybridized carbons (Fsp3) is 0.350. The molecule has 0 atom stereocenters. The van der Waals surface area contributed by atoms with Gasteiger partial charge in [0.25, 0.3) is 5.91 Å². The van der Waals surface area contributed by atoms with Gasteiger partial charge >= 0.3 is 5.97 Å². The number of rotatable bonds is 5. The number of carbonyl (C=O) groups excluding carboxylic acids is 3. The first-order valence-corrected chi connectivity index (χ1v) is 9.54. The summed E-state index contributed by atoms with van der Waals surface area (Å²) in [4.78, 5) is 37.5. The monoisotopic (exact) mass is 386 g/mol. The molecule has 7 heteroatoms. The molecule has 0 radical (unpaired) electrons. The number of hydrogen-bond acceptors (Lipinski definition) is 5. The quantitative estimate of drug-likeness (QED) is 0.759. The van der Waals surface area contributed by atoms with Crippen molar-refractivity contribution in [3.63, 3.8) is 0 Å². The Morgan fingerprint density at radius 3 is 2.41 bits per heavy atom. The molecule has 27 heavy (non-hydrogen) atoms. The molecule has 0 saturated heterocycles. The van der Waals surface area contributed by atoms with Crippen molar-refractivity contribution >= 4 is 39.8 Å². The first kappa shape index (κ1) is 19.1. The molecule has 0 spiro atoms. The molecule has 1 saturated carbocycles. The van der Waals surface area contributed by atoms with E-state index in [0.717, 1.165) is 35.3 Å². The molecular formula is C20H22N2O4S. The SMILES string of the molecule is COC(=O)c1c(NC(=O)C2CC2)sc(C(=O)Nc2ccc(C)cc2C)c1C. The minimum Gasteiger partial charge on any atom is -0.465 e. The maximum absolute atomic E-state index is 12.8. The van der Waals surface area contributed by atoms with E-state index in [1.54, 1.807) is 6.92 Å². The highest BCUT2D eigenvalue weighted by molar-refractivity contribution is 7.19. The van der Waals surface area contributed by atoms with Crippen LogP contribution in [-0.2, 0) is 9.53 Å². The predicted octanol–water partition coefficient (Wildman–Crippen LogP) is 4.06. The van der Waals surface area contributed by atoms with Crippen LogP contribution in [0.3, 0.4) is 0 Å². The van der Waals surface area contributed by atoms with Crippen LogP contribution < -0.4 is 10.6 Å². The van der Waals surface area contributed by atoms with Crippen LogP contribution >= 0.6 is 11.3 Å². The van der Waals surface area contributed by atoms with Gasteiger partial charge in [0.2, 0.25) is 5.91 Å². The number of anilines is 2. The molecule has 2 amide bonds. The zero-order valence-corrected chi connectivity index (χ0v) is 16.6. The van der Waals surface area contributed by atoms with Crippen molar-refractivity contribution < 1.29 is 19.1 Å². The minimum absolute atomic E-state index is 0.00890. The molecular weight excluding hydrogens is 364 g/mol. The van der Waals surface area contributed by atoms with E-state index in [9.17, 15) is 14.4 Å². The van der Waals surface area contributed by atoms with Crippen molar-refractivity contribution in [3.8, 4) is 0 Å². The van der Waals surface area contributed by atoms with E-state index >= 15 is 0 Å². The van der Waals surface area contributed by atoms with E-state index in [-0.39, 0.29) is 23.3 Å². The molecule has 3 rings (SSSR count). The summed E-state index contributed by atoms with van der Waals surface area (Å²) in [5.74, 6) is -1.02. The summed E-state index contributed by atoms with van der Waals surface area (Å²) in [7, 11) is 1.28. The minimum atomic E-state index is -0.569. The second-order valence-corrected chi connectivity index (χ2v) is 7.81. The Bertz CT molecular complexity index is 928. The van der Waals surface area contributed by atoms with Crippen molar-refractivity contribution in [2.45, 2.75) is 33.6 Å². The normalized spacial score (nSPS) is 13.2. The molecule has 0 bridgehead atoms. The number of thiophene rings is 1. The second kappa shape index (κ2) is 7.52. The third-order valence-corrected chi connectivity index (χ3v) is 5.76. The van der Waals surface area contributed by atoms with Gasteiger partial charge in [-0.2, -0.15) is 0 Å². The maximum Gasteiger partial charge on any atom is 0.341 e.